The largest absolute Gasteiger partial charge is 0.493 e. The number of para-hydroxylation sites is 2. The number of carbonyl (C=O) groups is 1. The molecule has 2 aromatic carbocycles. The maximum absolute atomic E-state index is 12.3. The van der Waals surface area contributed by atoms with Crippen LogP contribution >= 0.6 is 11.3 Å². The van der Waals surface area contributed by atoms with Crippen molar-refractivity contribution in [2.24, 2.45) is 0 Å². The second-order valence-corrected chi connectivity index (χ2v) is 7.59. The first-order valence-electron chi connectivity index (χ1n) is 9.22. The Hall–Kier alpha value is -3.03. The van der Waals surface area contributed by atoms with Crippen LogP contribution in [0.25, 0.3) is 0 Å². The topological polar surface area (TPSA) is 62.8 Å². The summed E-state index contributed by atoms with van der Waals surface area (Å²) in [6.45, 7) is 0.522. The van der Waals surface area contributed by atoms with Crippen molar-refractivity contribution in [2.75, 3.05) is 33.1 Å². The third-order valence-electron chi connectivity index (χ3n) is 4.36. The lowest BCUT2D eigenvalue weighted by Gasteiger charge is -2.23. The number of nitrogens with one attached hydrogen (secondary N) is 2. The SMILES string of the molecule is COc1ccccc1Oc1ccc(NC(=O)NCC(c2cccs2)N(C)C)cc1. The standard InChI is InChI=1S/C22H25N3O3S/c1-25(2)18(21-9-6-14-29-21)15-23-22(26)24-16-10-12-17(13-11-16)28-20-8-5-4-7-19(20)27-3/h4-14,18H,15H2,1-3H3,(H2,23,24,26). The van der Waals surface area contributed by atoms with E-state index < -0.39 is 0 Å². The lowest BCUT2D eigenvalue weighted by Crippen LogP contribution is -2.36. The number of nitrogens with zero attached hydrogens (tertiary/aromatic N) is 1. The molecule has 6 nitrogen and oxygen atoms in total. The maximum atomic E-state index is 12.3. The number of ether oxygens (including phenoxy) is 2. The zero-order valence-electron chi connectivity index (χ0n) is 16.7. The molecule has 0 bridgehead atoms. The zero-order valence-corrected chi connectivity index (χ0v) is 17.5. The molecule has 7 heteroatoms. The van der Waals surface area contributed by atoms with Gasteiger partial charge < -0.3 is 25.0 Å². The van der Waals surface area contributed by atoms with Crippen molar-refractivity contribution < 1.29 is 14.3 Å². The van der Waals surface area contributed by atoms with E-state index in [9.17, 15) is 4.79 Å². The van der Waals surface area contributed by atoms with Crippen LogP contribution in [0, 0.1) is 0 Å². The fraction of sp³-hybridized carbons (Fsp3) is 0.227. The van der Waals surface area contributed by atoms with E-state index in [4.69, 9.17) is 9.47 Å². The van der Waals surface area contributed by atoms with Crippen LogP contribution in [0.3, 0.4) is 0 Å². The highest BCUT2D eigenvalue weighted by atomic mass is 32.1. The van der Waals surface area contributed by atoms with Gasteiger partial charge in [-0.2, -0.15) is 0 Å². The Balaban J connectivity index is 1.54. The number of benzene rings is 2. The highest BCUT2D eigenvalue weighted by Crippen LogP contribution is 2.31. The molecule has 0 aliphatic carbocycles. The highest BCUT2D eigenvalue weighted by molar-refractivity contribution is 7.10. The second kappa shape index (κ2) is 9.95. The van der Waals surface area contributed by atoms with Crippen LogP contribution in [0.1, 0.15) is 10.9 Å². The molecular weight excluding hydrogens is 386 g/mol. The van der Waals surface area contributed by atoms with E-state index in [1.165, 1.54) is 4.88 Å². The second-order valence-electron chi connectivity index (χ2n) is 6.61. The monoisotopic (exact) mass is 411 g/mol. The summed E-state index contributed by atoms with van der Waals surface area (Å²) in [7, 11) is 5.61. The number of methoxy groups -OCH3 is 1. The van der Waals surface area contributed by atoms with E-state index in [1.807, 2.05) is 49.8 Å². The fourth-order valence-electron chi connectivity index (χ4n) is 2.82. The van der Waals surface area contributed by atoms with Crippen LogP contribution in [0.4, 0.5) is 10.5 Å². The molecule has 1 aromatic heterocycles. The molecule has 1 heterocycles. The van der Waals surface area contributed by atoms with Gasteiger partial charge in [0.1, 0.15) is 5.75 Å². The number of hydrogen-bond acceptors (Lipinski definition) is 5. The Morgan fingerprint density at radius 1 is 1.03 bits per heavy atom. The molecule has 0 radical (unpaired) electrons. The molecule has 2 amide bonds. The number of urea groups is 1. The van der Waals surface area contributed by atoms with Crippen molar-refractivity contribution in [1.82, 2.24) is 10.2 Å². The van der Waals surface area contributed by atoms with Crippen molar-refractivity contribution >= 4 is 23.1 Å². The summed E-state index contributed by atoms with van der Waals surface area (Å²) in [5, 5.41) is 7.83. The Morgan fingerprint density at radius 2 is 1.76 bits per heavy atom. The third kappa shape index (κ3) is 5.73. The van der Waals surface area contributed by atoms with Crippen LogP contribution in [0.2, 0.25) is 0 Å². The summed E-state index contributed by atoms with van der Waals surface area (Å²) in [5.41, 5.74) is 0.687. The van der Waals surface area contributed by atoms with Gasteiger partial charge in [0.2, 0.25) is 0 Å². The molecule has 0 fully saturated rings. The molecule has 152 valence electrons. The lowest BCUT2D eigenvalue weighted by molar-refractivity contribution is 0.244. The normalized spacial score (nSPS) is 11.7. The van der Waals surface area contributed by atoms with Gasteiger partial charge in [0.15, 0.2) is 11.5 Å². The molecule has 2 N–H and O–H groups in total. The number of hydrogen-bond donors (Lipinski definition) is 2. The average Bonchev–Trinajstić information content (AvgIpc) is 3.24. The van der Waals surface area contributed by atoms with Crippen molar-refractivity contribution in [3.8, 4) is 17.2 Å². The Kier molecular flexibility index (Phi) is 7.10. The number of amides is 2. The predicted molar refractivity (Wildman–Crippen MR) is 117 cm³/mol. The zero-order chi connectivity index (χ0) is 20.6. The number of rotatable bonds is 8. The molecule has 0 aliphatic rings. The fourth-order valence-corrected chi connectivity index (χ4v) is 3.74. The van der Waals surface area contributed by atoms with Crippen LogP contribution in [0.5, 0.6) is 17.2 Å². The summed E-state index contributed by atoms with van der Waals surface area (Å²) >= 11 is 1.68. The lowest BCUT2D eigenvalue weighted by atomic mass is 10.2. The van der Waals surface area contributed by atoms with Gasteiger partial charge in [0, 0.05) is 17.1 Å². The molecule has 0 spiro atoms. The van der Waals surface area contributed by atoms with Gasteiger partial charge >= 0.3 is 6.03 Å². The van der Waals surface area contributed by atoms with Crippen LogP contribution in [0.15, 0.2) is 66.0 Å². The van der Waals surface area contributed by atoms with Gasteiger partial charge in [-0.15, -0.1) is 11.3 Å². The molecular formula is C22H25N3O3S. The van der Waals surface area contributed by atoms with Crippen LogP contribution in [-0.2, 0) is 0 Å². The van der Waals surface area contributed by atoms with Crippen molar-refractivity contribution in [1.29, 1.82) is 0 Å². The first kappa shape index (κ1) is 20.7. The number of thiophene rings is 1. The van der Waals surface area contributed by atoms with Crippen LogP contribution in [-0.4, -0.2) is 38.7 Å². The van der Waals surface area contributed by atoms with Gasteiger partial charge in [-0.25, -0.2) is 4.79 Å². The van der Waals surface area contributed by atoms with E-state index >= 15 is 0 Å². The third-order valence-corrected chi connectivity index (χ3v) is 5.33. The number of likely N-dealkylation sites (N-methyl/N-ethyl adjacent to an activating group) is 1. The summed E-state index contributed by atoms with van der Waals surface area (Å²) in [5.74, 6) is 1.96. The summed E-state index contributed by atoms with van der Waals surface area (Å²) in [4.78, 5) is 15.6. The Bertz CT molecular complexity index is 911. The predicted octanol–water partition coefficient (Wildman–Crippen LogP) is 4.97. The minimum atomic E-state index is -0.244. The maximum Gasteiger partial charge on any atom is 0.319 e. The molecule has 0 aliphatic heterocycles. The Labute approximate surface area is 175 Å². The number of carbonyl (C=O) groups excluding carboxylic acids is 1. The van der Waals surface area contributed by atoms with Crippen molar-refractivity contribution in [3.63, 3.8) is 0 Å². The summed E-state index contributed by atoms with van der Waals surface area (Å²) in [6.07, 6.45) is 0. The van der Waals surface area contributed by atoms with Gasteiger partial charge in [-0.1, -0.05) is 18.2 Å². The van der Waals surface area contributed by atoms with Crippen molar-refractivity contribution in [2.45, 2.75) is 6.04 Å². The van der Waals surface area contributed by atoms with E-state index in [0.29, 0.717) is 29.5 Å². The molecule has 29 heavy (non-hydrogen) atoms. The molecule has 1 unspecified atom stereocenters. The van der Waals surface area contributed by atoms with E-state index in [2.05, 4.69) is 21.6 Å². The van der Waals surface area contributed by atoms with Gasteiger partial charge in [-0.05, 0) is 61.9 Å². The van der Waals surface area contributed by atoms with E-state index in [0.717, 1.165) is 0 Å². The van der Waals surface area contributed by atoms with Crippen LogP contribution < -0.4 is 20.1 Å². The smallest absolute Gasteiger partial charge is 0.319 e. The number of anilines is 1. The minimum Gasteiger partial charge on any atom is -0.493 e. The van der Waals surface area contributed by atoms with Crippen molar-refractivity contribution in [3.05, 3.63) is 70.9 Å². The molecule has 3 rings (SSSR count). The highest BCUT2D eigenvalue weighted by Gasteiger charge is 2.16. The summed E-state index contributed by atoms with van der Waals surface area (Å²) in [6, 6.07) is 18.6. The van der Waals surface area contributed by atoms with E-state index in [1.54, 1.807) is 42.7 Å². The van der Waals surface area contributed by atoms with Gasteiger partial charge in [-0.3, -0.25) is 0 Å². The quantitative estimate of drug-likeness (QED) is 0.549. The van der Waals surface area contributed by atoms with Gasteiger partial charge in [0.25, 0.3) is 0 Å². The first-order valence-corrected chi connectivity index (χ1v) is 10.1. The van der Waals surface area contributed by atoms with Gasteiger partial charge in [0.05, 0.1) is 13.2 Å². The summed E-state index contributed by atoms with van der Waals surface area (Å²) < 4.78 is 11.1. The Morgan fingerprint density at radius 3 is 2.38 bits per heavy atom. The first-order chi connectivity index (χ1) is 14.1. The van der Waals surface area contributed by atoms with E-state index in [-0.39, 0.29) is 12.1 Å². The molecule has 0 saturated heterocycles. The minimum absolute atomic E-state index is 0.136. The molecule has 3 aromatic rings. The molecule has 0 saturated carbocycles. The average molecular weight is 412 g/mol. The molecule has 1 atom stereocenters.